The Bertz CT molecular complexity index is 1620. The summed E-state index contributed by atoms with van der Waals surface area (Å²) in [6, 6.07) is 17.3. The van der Waals surface area contributed by atoms with Gasteiger partial charge in [-0.2, -0.15) is 0 Å². The van der Waals surface area contributed by atoms with Gasteiger partial charge in [0, 0.05) is 0 Å². The number of benzene rings is 2. The molecule has 0 unspecified atom stereocenters. The fourth-order valence-electron chi connectivity index (χ4n) is 3.99. The molecule has 0 saturated carbocycles. The summed E-state index contributed by atoms with van der Waals surface area (Å²) in [5.74, 6) is 0. The van der Waals surface area contributed by atoms with Crippen LogP contribution in [-0.4, -0.2) is 40.4 Å². The molecule has 7 rings (SSSR count). The van der Waals surface area contributed by atoms with Gasteiger partial charge in [0.1, 0.15) is 0 Å². The maximum absolute atomic E-state index is 4.60. The average molecular weight is 548 g/mol. The molecule has 0 amide bonds. The summed E-state index contributed by atoms with van der Waals surface area (Å²) in [7, 11) is 0. The van der Waals surface area contributed by atoms with E-state index < -0.39 is 0 Å². The van der Waals surface area contributed by atoms with Gasteiger partial charge in [-0.15, -0.1) is 0 Å². The maximum atomic E-state index is 4.60. The first kappa shape index (κ1) is 17.9. The molecule has 7 heteroatoms. The Hall–Kier alpha value is -2.69. The van der Waals surface area contributed by atoms with Gasteiger partial charge in [-0.05, 0) is 0 Å². The van der Waals surface area contributed by atoms with Crippen molar-refractivity contribution in [3.63, 3.8) is 0 Å². The number of nitrogens with zero attached hydrogens (tertiary/aromatic N) is 4. The topological polar surface area (TPSA) is 51.6 Å². The molecule has 0 saturated heterocycles. The molecule has 2 aromatic carbocycles. The first-order valence-electron chi connectivity index (χ1n) is 9.71. The molecule has 0 spiro atoms. The molecule has 5 aromatic heterocycles. The molecule has 0 N–H and O–H groups in total. The Morgan fingerprint density at radius 2 is 1.26 bits per heavy atom. The van der Waals surface area contributed by atoms with Crippen LogP contribution in [0, 0.1) is 0 Å². The van der Waals surface area contributed by atoms with E-state index in [0.717, 1.165) is 22.1 Å². The number of hydrogen-bond donors (Lipinski definition) is 0. The number of para-hydroxylation sites is 2. The van der Waals surface area contributed by atoms with E-state index in [4.69, 9.17) is 0 Å². The van der Waals surface area contributed by atoms with Crippen molar-refractivity contribution in [3.8, 4) is 20.9 Å². The number of aromatic nitrogens is 4. The molecule has 31 heavy (non-hydrogen) atoms. The Morgan fingerprint density at radius 1 is 0.645 bits per heavy atom. The fraction of sp³-hybridized carbons (Fsp3) is 0. The summed E-state index contributed by atoms with van der Waals surface area (Å²) in [5.41, 5.74) is 6.21. The normalized spacial score (nSPS) is 11.9. The second-order valence-corrected chi connectivity index (χ2v) is 13.1. The van der Waals surface area contributed by atoms with Gasteiger partial charge in [-0.3, -0.25) is 0 Å². The van der Waals surface area contributed by atoms with E-state index in [1.54, 1.807) is 27.5 Å². The molecule has 7 aromatic rings. The van der Waals surface area contributed by atoms with Gasteiger partial charge >= 0.3 is 196 Å². The molecule has 0 fully saturated rings. The predicted octanol–water partition coefficient (Wildman–Crippen LogP) is 6.39. The van der Waals surface area contributed by atoms with Crippen LogP contribution in [0.4, 0.5) is 0 Å². The van der Waals surface area contributed by atoms with Gasteiger partial charge < -0.3 is 0 Å². The van der Waals surface area contributed by atoms with Crippen molar-refractivity contribution in [3.05, 3.63) is 73.3 Å². The van der Waals surface area contributed by atoms with Crippen LogP contribution in [-0.2, 0) is 0 Å². The average Bonchev–Trinajstić information content (AvgIpc) is 3.49. The van der Waals surface area contributed by atoms with Gasteiger partial charge in [-0.1, -0.05) is 0 Å². The molecule has 0 bridgehead atoms. The molecule has 0 aliphatic heterocycles. The van der Waals surface area contributed by atoms with Gasteiger partial charge in [0.25, 0.3) is 0 Å². The van der Waals surface area contributed by atoms with Crippen LogP contribution in [0.15, 0.2) is 73.3 Å². The van der Waals surface area contributed by atoms with Crippen molar-refractivity contribution in [2.24, 2.45) is 0 Å². The monoisotopic (exact) mass is 550 g/mol. The van der Waals surface area contributed by atoms with Crippen molar-refractivity contribution in [1.82, 2.24) is 19.9 Å². The molecule has 0 aliphatic carbocycles. The minimum atomic E-state index is -0.381. The summed E-state index contributed by atoms with van der Waals surface area (Å²) in [4.78, 5) is 20.7. The number of thiophene rings is 2. The molecule has 4 nitrogen and oxygen atoms in total. The minimum absolute atomic E-state index is 0.381. The summed E-state index contributed by atoms with van der Waals surface area (Å²) in [5, 5.41) is 1.42. The van der Waals surface area contributed by atoms with Crippen molar-refractivity contribution < 1.29 is 0 Å². The third-order valence-corrected chi connectivity index (χ3v) is 11.9. The van der Waals surface area contributed by atoms with Crippen molar-refractivity contribution >= 4 is 81.4 Å². The summed E-state index contributed by atoms with van der Waals surface area (Å²) in [6.07, 6.45) is 7.06. The molecule has 0 aliphatic rings. The predicted molar refractivity (Wildman–Crippen MR) is 131 cm³/mol. The second kappa shape index (κ2) is 6.91. The van der Waals surface area contributed by atoms with E-state index in [1.165, 1.54) is 34.4 Å². The van der Waals surface area contributed by atoms with E-state index in [1.807, 2.05) is 34.8 Å². The van der Waals surface area contributed by atoms with E-state index in [-0.39, 0.29) is 20.4 Å². The molecule has 5 heterocycles. The Kier molecular flexibility index (Phi) is 4.00. The zero-order valence-corrected chi connectivity index (χ0v) is 19.9. The van der Waals surface area contributed by atoms with E-state index in [0.29, 0.717) is 0 Å². The number of hydrogen-bond acceptors (Lipinski definition) is 6. The summed E-state index contributed by atoms with van der Waals surface area (Å²) in [6.45, 7) is 0. The molecule has 0 atom stereocenters. The second-order valence-electron chi connectivity index (χ2n) is 7.18. The van der Waals surface area contributed by atoms with Crippen molar-refractivity contribution in [2.45, 2.75) is 0 Å². The van der Waals surface area contributed by atoms with Crippen LogP contribution in [0.5, 0.6) is 0 Å². The van der Waals surface area contributed by atoms with Crippen molar-refractivity contribution in [1.29, 1.82) is 0 Å². The van der Waals surface area contributed by atoms with E-state index in [9.17, 15) is 0 Å². The van der Waals surface area contributed by atoms with Gasteiger partial charge in [0.05, 0.1) is 0 Å². The Labute approximate surface area is 194 Å². The third-order valence-electron chi connectivity index (χ3n) is 5.37. The Morgan fingerprint density at radius 3 is 1.94 bits per heavy atom. The van der Waals surface area contributed by atoms with Crippen LogP contribution >= 0.6 is 22.7 Å². The Balaban J connectivity index is 1.42. The fourth-order valence-corrected chi connectivity index (χ4v) is 11.3. The zero-order chi connectivity index (χ0) is 20.4. The van der Waals surface area contributed by atoms with Gasteiger partial charge in [0.2, 0.25) is 0 Å². The SMILES string of the molecule is c1cc(-c2cc3c(s2)[te]c2cc(-c4cccc5nccnc45)sc23)c2nccnc2c1. The van der Waals surface area contributed by atoms with Crippen molar-refractivity contribution in [2.75, 3.05) is 0 Å². The molecule has 0 radical (unpaired) electrons. The van der Waals surface area contributed by atoms with Crippen LogP contribution in [0.25, 0.3) is 59.2 Å². The standard InChI is InChI=1S/C24H12N4S2Te/c1-3-13(21-16(5-1)25-7-9-27-21)18-11-15-23-20(31-24(15)30-18)12-19(29-23)14-4-2-6-17-22(14)28-10-8-26-17/h1-12H. The van der Waals surface area contributed by atoms with Gasteiger partial charge in [0.15, 0.2) is 0 Å². The number of fused-ring (bicyclic) bond motifs is 5. The van der Waals surface area contributed by atoms with Crippen LogP contribution in [0.3, 0.4) is 0 Å². The van der Waals surface area contributed by atoms with E-state index >= 15 is 0 Å². The summed E-state index contributed by atoms with van der Waals surface area (Å²) >= 11 is 3.44. The van der Waals surface area contributed by atoms with Crippen LogP contribution in [0.1, 0.15) is 0 Å². The molecule has 146 valence electrons. The number of rotatable bonds is 2. The first-order chi connectivity index (χ1) is 15.3. The van der Waals surface area contributed by atoms with Gasteiger partial charge in [-0.25, -0.2) is 0 Å². The molecular formula is C24H12N4S2Te. The zero-order valence-electron chi connectivity index (χ0n) is 15.9. The quantitative estimate of drug-likeness (QED) is 0.235. The summed E-state index contributed by atoms with van der Waals surface area (Å²) < 4.78 is 4.53. The van der Waals surface area contributed by atoms with Crippen LogP contribution in [0.2, 0.25) is 0 Å². The van der Waals surface area contributed by atoms with Crippen LogP contribution < -0.4 is 0 Å². The van der Waals surface area contributed by atoms with E-state index in [2.05, 4.69) is 56.3 Å². The molecular weight excluding hydrogens is 536 g/mol. The first-order valence-corrected chi connectivity index (χ1v) is 13.7. The third kappa shape index (κ3) is 2.78.